The van der Waals surface area contributed by atoms with Crippen LogP contribution in [0.1, 0.15) is 48.2 Å². The van der Waals surface area contributed by atoms with Crippen molar-refractivity contribution in [1.29, 1.82) is 0 Å². The van der Waals surface area contributed by atoms with Gasteiger partial charge in [0.2, 0.25) is 0 Å². The summed E-state index contributed by atoms with van der Waals surface area (Å²) in [5.41, 5.74) is 3.47. The van der Waals surface area contributed by atoms with Crippen molar-refractivity contribution < 1.29 is 4.79 Å². The first-order valence-electron chi connectivity index (χ1n) is 9.37. The molecule has 130 valence electrons. The Hall–Kier alpha value is -2.36. The largest absolute Gasteiger partial charge is 0.339 e. The minimum absolute atomic E-state index is 0.0174. The molecule has 0 unspecified atom stereocenters. The number of pyridine rings is 1. The van der Waals surface area contributed by atoms with Crippen molar-refractivity contribution in [3.8, 4) is 11.1 Å². The molecule has 0 N–H and O–H groups in total. The molecule has 4 heteroatoms. The topological polar surface area (TPSA) is 42.3 Å². The van der Waals surface area contributed by atoms with Crippen molar-refractivity contribution in [1.82, 2.24) is 9.47 Å². The number of rotatable bonds is 2. The fourth-order valence-corrected chi connectivity index (χ4v) is 4.10. The summed E-state index contributed by atoms with van der Waals surface area (Å²) in [6, 6.07) is 11.5. The second kappa shape index (κ2) is 6.87. The van der Waals surface area contributed by atoms with Gasteiger partial charge in [0.05, 0.1) is 5.56 Å². The Labute approximate surface area is 148 Å². The summed E-state index contributed by atoms with van der Waals surface area (Å²) in [6.07, 6.45) is 6.20. The third-order valence-corrected chi connectivity index (χ3v) is 5.40. The highest BCUT2D eigenvalue weighted by Gasteiger charge is 2.27. The van der Waals surface area contributed by atoms with Gasteiger partial charge in [0, 0.05) is 37.0 Å². The Morgan fingerprint density at radius 3 is 2.36 bits per heavy atom. The van der Waals surface area contributed by atoms with E-state index < -0.39 is 0 Å². The molecule has 0 saturated carbocycles. The number of hydrogen-bond acceptors (Lipinski definition) is 2. The molecule has 0 bridgehead atoms. The summed E-state index contributed by atoms with van der Waals surface area (Å²) in [5, 5.41) is 0. The van der Waals surface area contributed by atoms with E-state index in [1.54, 1.807) is 6.07 Å². The summed E-state index contributed by atoms with van der Waals surface area (Å²) in [4.78, 5) is 28.0. The molecule has 4 nitrogen and oxygen atoms in total. The van der Waals surface area contributed by atoms with Crippen LogP contribution in [0.4, 0.5) is 0 Å². The number of fused-ring (bicyclic) bond motifs is 1. The molecule has 25 heavy (non-hydrogen) atoms. The molecule has 4 rings (SSSR count). The molecule has 2 aliphatic heterocycles. The van der Waals surface area contributed by atoms with Gasteiger partial charge in [-0.1, -0.05) is 30.3 Å². The van der Waals surface area contributed by atoms with Crippen LogP contribution in [0.15, 0.2) is 41.2 Å². The smallest absolute Gasteiger partial charge is 0.256 e. The normalized spacial score (nSPS) is 17.2. The van der Waals surface area contributed by atoms with Gasteiger partial charge in [0.1, 0.15) is 0 Å². The van der Waals surface area contributed by atoms with Gasteiger partial charge in [0.25, 0.3) is 11.5 Å². The maximum Gasteiger partial charge on any atom is 0.256 e. The molecule has 0 aliphatic carbocycles. The predicted octanol–water partition coefficient (Wildman–Crippen LogP) is 3.48. The van der Waals surface area contributed by atoms with E-state index in [1.165, 1.54) is 6.42 Å². The zero-order chi connectivity index (χ0) is 17.2. The zero-order valence-electron chi connectivity index (χ0n) is 14.5. The van der Waals surface area contributed by atoms with Gasteiger partial charge >= 0.3 is 0 Å². The second-order valence-corrected chi connectivity index (χ2v) is 7.05. The van der Waals surface area contributed by atoms with Crippen LogP contribution in [-0.4, -0.2) is 28.5 Å². The van der Waals surface area contributed by atoms with Gasteiger partial charge in [-0.15, -0.1) is 0 Å². The molecule has 3 heterocycles. The molecule has 2 aliphatic rings. The van der Waals surface area contributed by atoms with Crippen molar-refractivity contribution in [2.24, 2.45) is 0 Å². The lowest BCUT2D eigenvalue weighted by Gasteiger charge is -2.30. The number of amides is 1. The van der Waals surface area contributed by atoms with E-state index in [0.29, 0.717) is 0 Å². The first-order chi connectivity index (χ1) is 12.3. The van der Waals surface area contributed by atoms with E-state index >= 15 is 0 Å². The quantitative estimate of drug-likeness (QED) is 0.842. The van der Waals surface area contributed by atoms with Gasteiger partial charge in [-0.05, 0) is 44.1 Å². The average Bonchev–Trinajstić information content (AvgIpc) is 2.69. The number of aromatic nitrogens is 1. The predicted molar refractivity (Wildman–Crippen MR) is 98.8 cm³/mol. The maximum atomic E-state index is 13.4. The van der Waals surface area contributed by atoms with Crippen LogP contribution >= 0.6 is 0 Å². The van der Waals surface area contributed by atoms with E-state index in [9.17, 15) is 9.59 Å². The van der Waals surface area contributed by atoms with Crippen LogP contribution in [0, 0.1) is 0 Å². The highest BCUT2D eigenvalue weighted by Crippen LogP contribution is 2.29. The Balaban J connectivity index is 1.90. The lowest BCUT2D eigenvalue weighted by Crippen LogP contribution is -2.38. The zero-order valence-corrected chi connectivity index (χ0v) is 14.5. The van der Waals surface area contributed by atoms with E-state index in [-0.39, 0.29) is 11.5 Å². The van der Waals surface area contributed by atoms with E-state index in [2.05, 4.69) is 0 Å². The molecular formula is C21H24N2O2. The molecule has 1 saturated heterocycles. The van der Waals surface area contributed by atoms with Crippen LogP contribution in [-0.2, 0) is 13.0 Å². The standard InChI is InChI=1S/C21H24N2O2/c24-19-15-17(16-9-3-1-4-10-16)20(18-11-5-8-14-23(18)19)21(25)22-12-6-2-7-13-22/h1,3-4,9-10,15H,2,5-8,11-14H2. The van der Waals surface area contributed by atoms with Crippen LogP contribution in [0.5, 0.6) is 0 Å². The first-order valence-corrected chi connectivity index (χ1v) is 9.37. The number of carbonyl (C=O) groups is 1. The molecular weight excluding hydrogens is 312 g/mol. The number of hydrogen-bond donors (Lipinski definition) is 0. The SMILES string of the molecule is O=C(c1c(-c2ccccc2)cc(=O)n2c1CCCC2)N1CCCCC1. The Bertz CT molecular complexity index is 833. The Kier molecular flexibility index (Phi) is 4.43. The van der Waals surface area contributed by atoms with Crippen molar-refractivity contribution in [3.63, 3.8) is 0 Å². The molecule has 0 spiro atoms. The third kappa shape index (κ3) is 3.01. The van der Waals surface area contributed by atoms with Crippen molar-refractivity contribution in [2.75, 3.05) is 13.1 Å². The molecule has 1 aromatic heterocycles. The molecule has 0 radical (unpaired) electrons. The third-order valence-electron chi connectivity index (χ3n) is 5.40. The minimum atomic E-state index is 0.0174. The summed E-state index contributed by atoms with van der Waals surface area (Å²) in [5.74, 6) is 0.101. The van der Waals surface area contributed by atoms with Crippen molar-refractivity contribution in [3.05, 3.63) is 58.0 Å². The lowest BCUT2D eigenvalue weighted by molar-refractivity contribution is 0.0722. The van der Waals surface area contributed by atoms with E-state index in [1.807, 2.05) is 39.8 Å². The molecule has 1 aromatic carbocycles. The van der Waals surface area contributed by atoms with Crippen molar-refractivity contribution >= 4 is 5.91 Å². The Morgan fingerprint density at radius 1 is 0.880 bits per heavy atom. The van der Waals surface area contributed by atoms with E-state index in [0.717, 1.165) is 74.1 Å². The summed E-state index contributed by atoms with van der Waals surface area (Å²) >= 11 is 0. The number of likely N-dealkylation sites (tertiary alicyclic amines) is 1. The van der Waals surface area contributed by atoms with Crippen LogP contribution in [0.2, 0.25) is 0 Å². The number of carbonyl (C=O) groups excluding carboxylic acids is 1. The summed E-state index contributed by atoms with van der Waals surface area (Å²) in [6.45, 7) is 2.38. The molecule has 1 amide bonds. The fraction of sp³-hybridized carbons (Fsp3) is 0.429. The fourth-order valence-electron chi connectivity index (χ4n) is 4.10. The monoisotopic (exact) mass is 336 g/mol. The molecule has 0 atom stereocenters. The Morgan fingerprint density at radius 2 is 1.60 bits per heavy atom. The summed E-state index contributed by atoms with van der Waals surface area (Å²) < 4.78 is 1.83. The van der Waals surface area contributed by atoms with E-state index in [4.69, 9.17) is 0 Å². The van der Waals surface area contributed by atoms with Crippen LogP contribution < -0.4 is 5.56 Å². The number of piperidine rings is 1. The van der Waals surface area contributed by atoms with Gasteiger partial charge in [-0.25, -0.2) is 0 Å². The van der Waals surface area contributed by atoms with Crippen molar-refractivity contribution in [2.45, 2.75) is 45.1 Å². The number of nitrogens with zero attached hydrogens (tertiary/aromatic N) is 2. The van der Waals surface area contributed by atoms with Crippen LogP contribution in [0.25, 0.3) is 11.1 Å². The lowest BCUT2D eigenvalue weighted by atomic mass is 9.93. The first kappa shape index (κ1) is 16.1. The van der Waals surface area contributed by atoms with Gasteiger partial charge in [-0.2, -0.15) is 0 Å². The maximum absolute atomic E-state index is 13.4. The molecule has 2 aromatic rings. The highest BCUT2D eigenvalue weighted by molar-refractivity contribution is 6.02. The summed E-state index contributed by atoms with van der Waals surface area (Å²) in [7, 11) is 0. The minimum Gasteiger partial charge on any atom is -0.339 e. The second-order valence-electron chi connectivity index (χ2n) is 7.05. The highest BCUT2D eigenvalue weighted by atomic mass is 16.2. The number of benzene rings is 1. The van der Waals surface area contributed by atoms with Gasteiger partial charge in [0.15, 0.2) is 0 Å². The average molecular weight is 336 g/mol. The van der Waals surface area contributed by atoms with Gasteiger partial charge < -0.3 is 9.47 Å². The van der Waals surface area contributed by atoms with Crippen LogP contribution in [0.3, 0.4) is 0 Å². The molecule has 1 fully saturated rings. The van der Waals surface area contributed by atoms with Gasteiger partial charge in [-0.3, -0.25) is 9.59 Å².